The van der Waals surface area contributed by atoms with Crippen LogP contribution in [0.25, 0.3) is 0 Å². The van der Waals surface area contributed by atoms with E-state index in [-0.39, 0.29) is 0 Å². The summed E-state index contributed by atoms with van der Waals surface area (Å²) in [6, 6.07) is 0. The molecular formula is C12H32O8. The van der Waals surface area contributed by atoms with Crippen molar-refractivity contribution in [2.75, 3.05) is 0 Å². The Hall–Kier alpha value is -0.320. The van der Waals surface area contributed by atoms with Crippen LogP contribution in [0.4, 0.5) is 0 Å². The summed E-state index contributed by atoms with van der Waals surface area (Å²) in [4.78, 5) is 0. The van der Waals surface area contributed by atoms with E-state index in [0.717, 1.165) is 0 Å². The predicted octanol–water partition coefficient (Wildman–Crippen LogP) is -1.17. The molecule has 0 bridgehead atoms. The van der Waals surface area contributed by atoms with Crippen molar-refractivity contribution in [3.05, 3.63) is 0 Å². The summed E-state index contributed by atoms with van der Waals surface area (Å²) in [5, 5.41) is 63.3. The van der Waals surface area contributed by atoms with Crippen molar-refractivity contribution in [2.24, 2.45) is 0 Å². The van der Waals surface area contributed by atoms with Gasteiger partial charge in [0.05, 0.1) is 0 Å². The molecule has 8 N–H and O–H groups in total. The Bertz CT molecular complexity index is 107. The van der Waals surface area contributed by atoms with Gasteiger partial charge in [-0.05, 0) is 25.7 Å². The normalized spacial score (nSPS) is 9.60. The van der Waals surface area contributed by atoms with Crippen molar-refractivity contribution in [3.8, 4) is 0 Å². The molecule has 0 radical (unpaired) electrons. The Morgan fingerprint density at radius 2 is 0.450 bits per heavy atom. The fourth-order valence-electron chi connectivity index (χ4n) is 0. The summed E-state index contributed by atoms with van der Waals surface area (Å²) in [6.07, 6.45) is -2.80. The highest BCUT2D eigenvalue weighted by Gasteiger charge is 1.84. The monoisotopic (exact) mass is 304 g/mol. The van der Waals surface area contributed by atoms with Gasteiger partial charge in [0, 0.05) is 0 Å². The maximum Gasteiger partial charge on any atom is 0.151 e. The minimum atomic E-state index is -1.12. The number of hydrogen-bond donors (Lipinski definition) is 8. The Morgan fingerprint density at radius 3 is 0.450 bits per heavy atom. The van der Waals surface area contributed by atoms with E-state index in [0.29, 0.717) is 25.7 Å². The molecule has 0 aliphatic heterocycles. The molecule has 0 unspecified atom stereocenters. The van der Waals surface area contributed by atoms with E-state index >= 15 is 0 Å². The molecule has 0 saturated heterocycles. The van der Waals surface area contributed by atoms with E-state index in [2.05, 4.69) is 0 Å². The number of aliphatic hydroxyl groups excluding tert-OH is 4. The van der Waals surface area contributed by atoms with Gasteiger partial charge in [-0.3, -0.25) is 0 Å². The first-order chi connectivity index (χ1) is 9.08. The summed E-state index contributed by atoms with van der Waals surface area (Å²) < 4.78 is 0. The summed E-state index contributed by atoms with van der Waals surface area (Å²) in [6.45, 7) is 6.80. The minimum Gasteiger partial charge on any atom is -0.368 e. The van der Waals surface area contributed by atoms with Gasteiger partial charge in [-0.15, -0.1) is 0 Å². The molecule has 0 spiro atoms. The van der Waals surface area contributed by atoms with Crippen LogP contribution in [0.2, 0.25) is 0 Å². The lowest BCUT2D eigenvalue weighted by molar-refractivity contribution is -0.0420. The van der Waals surface area contributed by atoms with Crippen LogP contribution < -0.4 is 0 Å². The van der Waals surface area contributed by atoms with Crippen LogP contribution in [-0.4, -0.2) is 66.0 Å². The number of aliphatic hydroxyl groups is 8. The summed E-state index contributed by atoms with van der Waals surface area (Å²) in [5.41, 5.74) is 0. The zero-order valence-corrected chi connectivity index (χ0v) is 12.7. The largest absolute Gasteiger partial charge is 0.368 e. The molecule has 0 aromatic rings. The van der Waals surface area contributed by atoms with Gasteiger partial charge in [0.2, 0.25) is 0 Å². The zero-order valence-electron chi connectivity index (χ0n) is 12.7. The van der Waals surface area contributed by atoms with Gasteiger partial charge in [0.15, 0.2) is 25.2 Å². The Balaban J connectivity index is -0.0000000853. The Labute approximate surface area is 120 Å². The molecule has 0 aromatic carbocycles. The smallest absolute Gasteiger partial charge is 0.151 e. The van der Waals surface area contributed by atoms with Crippen LogP contribution in [-0.2, 0) is 0 Å². The van der Waals surface area contributed by atoms with Crippen LogP contribution >= 0.6 is 0 Å². The SMILES string of the molecule is CCC(O)O.CCC(O)O.CCC(O)O.CCC(O)O. The fourth-order valence-corrected chi connectivity index (χ4v) is 0. The second-order valence-electron chi connectivity index (χ2n) is 3.56. The van der Waals surface area contributed by atoms with E-state index in [4.69, 9.17) is 40.9 Å². The molecule has 0 fully saturated rings. The fraction of sp³-hybridized carbons (Fsp3) is 1.00. The standard InChI is InChI=1S/4C3H8O2/c4*1-2-3(4)5/h4*3-5H,2H2,1H3. The van der Waals surface area contributed by atoms with Crippen molar-refractivity contribution in [2.45, 2.75) is 78.5 Å². The highest BCUT2D eigenvalue weighted by molar-refractivity contribution is 4.22. The molecule has 8 nitrogen and oxygen atoms in total. The molecule has 0 amide bonds. The number of rotatable bonds is 4. The summed E-state index contributed by atoms with van der Waals surface area (Å²) in [5.74, 6) is 0. The van der Waals surface area contributed by atoms with Gasteiger partial charge in [-0.1, -0.05) is 27.7 Å². The van der Waals surface area contributed by atoms with Gasteiger partial charge in [0.25, 0.3) is 0 Å². The first-order valence-electron chi connectivity index (χ1n) is 6.53. The van der Waals surface area contributed by atoms with E-state index < -0.39 is 25.2 Å². The van der Waals surface area contributed by atoms with Crippen molar-refractivity contribution >= 4 is 0 Å². The molecule has 0 aliphatic carbocycles. The Morgan fingerprint density at radius 1 is 0.400 bits per heavy atom. The van der Waals surface area contributed by atoms with Gasteiger partial charge in [0.1, 0.15) is 0 Å². The van der Waals surface area contributed by atoms with Crippen LogP contribution in [0, 0.1) is 0 Å². The molecule has 0 aromatic heterocycles. The average Bonchev–Trinajstić information content (AvgIpc) is 2.40. The maximum absolute atomic E-state index is 7.92. The topological polar surface area (TPSA) is 162 Å². The van der Waals surface area contributed by atoms with Crippen molar-refractivity contribution in [1.29, 1.82) is 0 Å². The third-order valence-corrected chi connectivity index (χ3v) is 1.46. The maximum atomic E-state index is 7.92. The van der Waals surface area contributed by atoms with Gasteiger partial charge >= 0.3 is 0 Å². The van der Waals surface area contributed by atoms with Crippen LogP contribution in [0.1, 0.15) is 53.4 Å². The second kappa shape index (κ2) is 23.7. The first-order valence-corrected chi connectivity index (χ1v) is 6.53. The van der Waals surface area contributed by atoms with E-state index in [9.17, 15) is 0 Å². The number of hydrogen-bond acceptors (Lipinski definition) is 8. The van der Waals surface area contributed by atoms with Gasteiger partial charge in [-0.25, -0.2) is 0 Å². The molecule has 0 saturated carbocycles. The van der Waals surface area contributed by atoms with Gasteiger partial charge < -0.3 is 40.9 Å². The molecular weight excluding hydrogens is 272 g/mol. The minimum absolute atomic E-state index is 0.417. The van der Waals surface area contributed by atoms with Crippen molar-refractivity contribution in [1.82, 2.24) is 0 Å². The summed E-state index contributed by atoms with van der Waals surface area (Å²) >= 11 is 0. The molecule has 0 aliphatic rings. The van der Waals surface area contributed by atoms with Crippen LogP contribution in [0.3, 0.4) is 0 Å². The molecule has 0 rings (SSSR count). The highest BCUT2D eigenvalue weighted by atomic mass is 16.5. The third-order valence-electron chi connectivity index (χ3n) is 1.46. The quantitative estimate of drug-likeness (QED) is 0.301. The highest BCUT2D eigenvalue weighted by Crippen LogP contribution is 1.78. The molecule has 128 valence electrons. The lowest BCUT2D eigenvalue weighted by Gasteiger charge is -1.90. The second-order valence-corrected chi connectivity index (χ2v) is 3.56. The molecule has 8 heteroatoms. The van der Waals surface area contributed by atoms with Gasteiger partial charge in [-0.2, -0.15) is 0 Å². The van der Waals surface area contributed by atoms with E-state index in [1.807, 2.05) is 0 Å². The lowest BCUT2D eigenvalue weighted by Crippen LogP contribution is -1.99. The van der Waals surface area contributed by atoms with Crippen LogP contribution in [0.15, 0.2) is 0 Å². The molecule has 0 heterocycles. The average molecular weight is 304 g/mol. The lowest BCUT2D eigenvalue weighted by atomic mass is 10.5. The third kappa shape index (κ3) is 83.4. The first kappa shape index (κ1) is 27.9. The summed E-state index contributed by atoms with van der Waals surface area (Å²) in [7, 11) is 0. The van der Waals surface area contributed by atoms with Crippen molar-refractivity contribution < 1.29 is 40.9 Å². The predicted molar refractivity (Wildman–Crippen MR) is 74.1 cm³/mol. The van der Waals surface area contributed by atoms with Crippen LogP contribution in [0.5, 0.6) is 0 Å². The zero-order chi connectivity index (χ0) is 17.1. The van der Waals surface area contributed by atoms with Crippen molar-refractivity contribution in [3.63, 3.8) is 0 Å². The Kier molecular flexibility index (Phi) is 33.2. The van der Waals surface area contributed by atoms with E-state index in [1.165, 1.54) is 0 Å². The molecule has 20 heavy (non-hydrogen) atoms. The van der Waals surface area contributed by atoms with E-state index in [1.54, 1.807) is 27.7 Å². The molecule has 0 atom stereocenters.